The van der Waals surface area contributed by atoms with Crippen LogP contribution in [0.3, 0.4) is 0 Å². The van der Waals surface area contributed by atoms with Crippen LogP contribution in [0.15, 0.2) is 24.5 Å². The Balaban J connectivity index is 2.45. The van der Waals surface area contributed by atoms with E-state index < -0.39 is 0 Å². The minimum atomic E-state index is -0.244. The van der Waals surface area contributed by atoms with Crippen LogP contribution in [0.1, 0.15) is 32.2 Å². The van der Waals surface area contributed by atoms with Crippen LogP contribution in [-0.2, 0) is 0 Å². The molecule has 20 heavy (non-hydrogen) atoms. The fraction of sp³-hybridized carbons (Fsp3) is 0.375. The number of benzene rings is 1. The number of ether oxygens (including phenoxy) is 1. The zero-order valence-corrected chi connectivity index (χ0v) is 13.2. The Morgan fingerprint density at radius 1 is 1.05 bits per heavy atom. The van der Waals surface area contributed by atoms with E-state index >= 15 is 0 Å². The maximum atomic E-state index is 6.40. The molecule has 106 valence electrons. The van der Waals surface area contributed by atoms with Crippen molar-refractivity contribution >= 4 is 11.6 Å². The third-order valence-electron chi connectivity index (χ3n) is 2.86. The Bertz CT molecular complexity index is 613. The Morgan fingerprint density at radius 3 is 2.15 bits per heavy atom. The number of rotatable bonds is 2. The maximum absolute atomic E-state index is 6.40. The van der Waals surface area contributed by atoms with Gasteiger partial charge in [-0.3, -0.25) is 0 Å². The second kappa shape index (κ2) is 5.41. The minimum absolute atomic E-state index is 0.244. The van der Waals surface area contributed by atoms with E-state index in [0.717, 1.165) is 28.3 Å². The van der Waals surface area contributed by atoms with E-state index in [1.807, 2.05) is 52.8 Å². The summed E-state index contributed by atoms with van der Waals surface area (Å²) in [5.74, 6) is 0.762. The van der Waals surface area contributed by atoms with Gasteiger partial charge in [-0.1, -0.05) is 11.6 Å². The summed E-state index contributed by atoms with van der Waals surface area (Å²) in [5.41, 5.74) is 3.52. The Morgan fingerprint density at radius 2 is 1.65 bits per heavy atom. The number of hydrogen-bond donors (Lipinski definition) is 0. The van der Waals surface area contributed by atoms with Crippen molar-refractivity contribution in [3.05, 3.63) is 40.9 Å². The molecule has 0 unspecified atom stereocenters. The average molecular weight is 291 g/mol. The van der Waals surface area contributed by atoms with Gasteiger partial charge in [-0.2, -0.15) is 0 Å². The lowest BCUT2D eigenvalue weighted by Crippen LogP contribution is -2.22. The number of aromatic nitrogens is 2. The summed E-state index contributed by atoms with van der Waals surface area (Å²) in [6.45, 7) is 9.94. The van der Waals surface area contributed by atoms with Crippen LogP contribution in [0.2, 0.25) is 5.02 Å². The van der Waals surface area contributed by atoms with Crippen molar-refractivity contribution in [2.75, 3.05) is 0 Å². The number of aryl methyl sites for hydroxylation is 2. The van der Waals surface area contributed by atoms with Gasteiger partial charge in [0, 0.05) is 22.5 Å². The molecule has 0 aliphatic heterocycles. The smallest absolute Gasteiger partial charge is 0.121 e. The molecule has 0 amide bonds. The van der Waals surface area contributed by atoms with E-state index in [0.29, 0.717) is 5.02 Å². The summed E-state index contributed by atoms with van der Waals surface area (Å²) in [7, 11) is 0. The summed E-state index contributed by atoms with van der Waals surface area (Å²) >= 11 is 6.40. The molecule has 1 heterocycles. The van der Waals surface area contributed by atoms with Gasteiger partial charge in [-0.25, -0.2) is 9.97 Å². The molecule has 1 aromatic carbocycles. The predicted molar refractivity (Wildman–Crippen MR) is 82.3 cm³/mol. The van der Waals surface area contributed by atoms with Crippen molar-refractivity contribution in [1.82, 2.24) is 9.97 Å². The summed E-state index contributed by atoms with van der Waals surface area (Å²) in [4.78, 5) is 8.48. The van der Waals surface area contributed by atoms with Crippen LogP contribution >= 0.6 is 11.6 Å². The van der Waals surface area contributed by atoms with Gasteiger partial charge in [0.05, 0.1) is 5.02 Å². The summed E-state index contributed by atoms with van der Waals surface area (Å²) in [5, 5.41) is 0.646. The van der Waals surface area contributed by atoms with Gasteiger partial charge in [-0.05, 0) is 52.8 Å². The molecule has 0 aliphatic carbocycles. The fourth-order valence-electron chi connectivity index (χ4n) is 2.10. The normalized spacial score (nSPS) is 11.5. The zero-order chi connectivity index (χ0) is 14.9. The first-order valence-corrected chi connectivity index (χ1v) is 6.93. The van der Waals surface area contributed by atoms with E-state index in [2.05, 4.69) is 9.97 Å². The lowest BCUT2D eigenvalue weighted by atomic mass is 10.0. The van der Waals surface area contributed by atoms with Crippen LogP contribution in [-0.4, -0.2) is 15.6 Å². The summed E-state index contributed by atoms with van der Waals surface area (Å²) in [6.07, 6.45) is 1.57. The van der Waals surface area contributed by atoms with Gasteiger partial charge in [-0.15, -0.1) is 0 Å². The first kappa shape index (κ1) is 14.8. The summed E-state index contributed by atoms with van der Waals surface area (Å²) < 4.78 is 5.82. The molecule has 0 bridgehead atoms. The molecule has 0 atom stereocenters. The van der Waals surface area contributed by atoms with E-state index in [4.69, 9.17) is 16.3 Å². The molecule has 0 spiro atoms. The van der Waals surface area contributed by atoms with E-state index in [-0.39, 0.29) is 5.60 Å². The molecule has 0 radical (unpaired) electrons. The molecule has 0 fully saturated rings. The van der Waals surface area contributed by atoms with Gasteiger partial charge in [0.2, 0.25) is 0 Å². The minimum Gasteiger partial charge on any atom is -0.488 e. The second-order valence-corrected chi connectivity index (χ2v) is 6.18. The average Bonchev–Trinajstić information content (AvgIpc) is 2.29. The maximum Gasteiger partial charge on any atom is 0.121 e. The Labute approximate surface area is 125 Å². The zero-order valence-electron chi connectivity index (χ0n) is 12.5. The van der Waals surface area contributed by atoms with E-state index in [1.165, 1.54) is 0 Å². The van der Waals surface area contributed by atoms with Gasteiger partial charge in [0.15, 0.2) is 0 Å². The molecule has 4 heteroatoms. The molecule has 3 nitrogen and oxygen atoms in total. The number of nitrogens with zero attached hydrogens (tertiary/aromatic N) is 2. The quantitative estimate of drug-likeness (QED) is 0.811. The highest BCUT2D eigenvalue weighted by Crippen LogP contribution is 2.34. The molecule has 0 N–H and O–H groups in total. The monoisotopic (exact) mass is 290 g/mol. The highest BCUT2D eigenvalue weighted by molar-refractivity contribution is 6.33. The van der Waals surface area contributed by atoms with Crippen molar-refractivity contribution in [1.29, 1.82) is 0 Å². The molecule has 1 aromatic heterocycles. The van der Waals surface area contributed by atoms with Gasteiger partial charge < -0.3 is 4.74 Å². The van der Waals surface area contributed by atoms with Crippen LogP contribution in [0.25, 0.3) is 11.1 Å². The van der Waals surface area contributed by atoms with Crippen LogP contribution in [0.5, 0.6) is 5.75 Å². The summed E-state index contributed by atoms with van der Waals surface area (Å²) in [6, 6.07) is 5.73. The molecule has 2 aromatic rings. The lowest BCUT2D eigenvalue weighted by molar-refractivity contribution is 0.131. The van der Waals surface area contributed by atoms with Gasteiger partial charge in [0.1, 0.15) is 17.7 Å². The first-order valence-electron chi connectivity index (χ1n) is 6.55. The topological polar surface area (TPSA) is 35.0 Å². The lowest BCUT2D eigenvalue weighted by Gasteiger charge is -2.22. The number of hydrogen-bond acceptors (Lipinski definition) is 3. The van der Waals surface area contributed by atoms with Gasteiger partial charge >= 0.3 is 0 Å². The number of halogens is 1. The molecule has 0 saturated carbocycles. The van der Waals surface area contributed by atoms with Crippen LogP contribution in [0.4, 0.5) is 0 Å². The highest BCUT2D eigenvalue weighted by atomic mass is 35.5. The van der Waals surface area contributed by atoms with Crippen molar-refractivity contribution in [2.24, 2.45) is 0 Å². The molecular weight excluding hydrogens is 272 g/mol. The van der Waals surface area contributed by atoms with Crippen LogP contribution < -0.4 is 4.74 Å². The SMILES string of the molecule is Cc1ncnc(C)c1-c1ccc(OC(C)(C)C)cc1Cl. The molecule has 2 rings (SSSR count). The predicted octanol–water partition coefficient (Wildman–Crippen LogP) is 4.59. The third-order valence-corrected chi connectivity index (χ3v) is 3.17. The Hall–Kier alpha value is -1.61. The van der Waals surface area contributed by atoms with Crippen LogP contribution in [0, 0.1) is 13.8 Å². The third kappa shape index (κ3) is 3.28. The standard InChI is InChI=1S/C16H19ClN2O/c1-10-15(11(2)19-9-18-10)13-7-6-12(8-14(13)17)20-16(3,4)5/h6-9H,1-5H3. The second-order valence-electron chi connectivity index (χ2n) is 5.78. The molecular formula is C16H19ClN2O. The van der Waals surface area contributed by atoms with E-state index in [9.17, 15) is 0 Å². The fourth-order valence-corrected chi connectivity index (χ4v) is 2.36. The first-order chi connectivity index (χ1) is 9.28. The molecule has 0 aliphatic rings. The highest BCUT2D eigenvalue weighted by Gasteiger charge is 2.15. The molecule has 0 saturated heterocycles. The Kier molecular flexibility index (Phi) is 4.00. The van der Waals surface area contributed by atoms with Crippen molar-refractivity contribution in [3.63, 3.8) is 0 Å². The van der Waals surface area contributed by atoms with Crippen molar-refractivity contribution in [2.45, 2.75) is 40.2 Å². The van der Waals surface area contributed by atoms with E-state index in [1.54, 1.807) is 6.33 Å². The van der Waals surface area contributed by atoms with Gasteiger partial charge in [0.25, 0.3) is 0 Å². The van der Waals surface area contributed by atoms with Crippen molar-refractivity contribution in [3.8, 4) is 16.9 Å². The van der Waals surface area contributed by atoms with Crippen molar-refractivity contribution < 1.29 is 4.74 Å². The largest absolute Gasteiger partial charge is 0.488 e.